The Kier molecular flexibility index (Phi) is 3.87. The minimum Gasteiger partial charge on any atom is -0.467 e. The highest BCUT2D eigenvalue weighted by atomic mass is 16.3. The lowest BCUT2D eigenvalue weighted by Crippen LogP contribution is -2.32. The lowest BCUT2D eigenvalue weighted by Gasteiger charge is -2.18. The summed E-state index contributed by atoms with van der Waals surface area (Å²) < 4.78 is 7.13. The number of rotatable bonds is 5. The van der Waals surface area contributed by atoms with Gasteiger partial charge in [-0.3, -0.25) is 4.79 Å². The number of hydrogen-bond donors (Lipinski definition) is 1. The number of nitrogens with one attached hydrogen (secondary N) is 1. The average molecular weight is 280 g/mol. The summed E-state index contributed by atoms with van der Waals surface area (Å²) in [6, 6.07) is 16.8. The first-order chi connectivity index (χ1) is 10.3. The van der Waals surface area contributed by atoms with Crippen LogP contribution in [0.5, 0.6) is 0 Å². The number of benzene rings is 1. The van der Waals surface area contributed by atoms with Crippen LogP contribution in [0, 0.1) is 0 Å². The van der Waals surface area contributed by atoms with E-state index in [1.165, 1.54) is 0 Å². The predicted octanol–water partition coefficient (Wildman–Crippen LogP) is 2.99. The molecule has 21 heavy (non-hydrogen) atoms. The van der Waals surface area contributed by atoms with Gasteiger partial charge < -0.3 is 14.3 Å². The highest BCUT2D eigenvalue weighted by Gasteiger charge is 2.21. The van der Waals surface area contributed by atoms with Gasteiger partial charge in [-0.25, -0.2) is 0 Å². The molecule has 0 saturated heterocycles. The van der Waals surface area contributed by atoms with Gasteiger partial charge in [0.1, 0.15) is 11.8 Å². The number of furan rings is 1. The van der Waals surface area contributed by atoms with Crippen molar-refractivity contribution in [1.29, 1.82) is 0 Å². The lowest BCUT2D eigenvalue weighted by molar-refractivity contribution is -0.123. The SMILES string of the molecule is O=C(NCc1ccco1)[C@@H](c1ccccc1)n1cccc1. The zero-order valence-electron chi connectivity index (χ0n) is 11.5. The molecule has 1 aromatic carbocycles. The summed E-state index contributed by atoms with van der Waals surface area (Å²) in [4.78, 5) is 12.6. The van der Waals surface area contributed by atoms with Crippen molar-refractivity contribution >= 4 is 5.91 Å². The third-order valence-corrected chi connectivity index (χ3v) is 3.31. The van der Waals surface area contributed by atoms with E-state index >= 15 is 0 Å². The lowest BCUT2D eigenvalue weighted by atomic mass is 10.1. The van der Waals surface area contributed by atoms with Crippen LogP contribution in [0.25, 0.3) is 0 Å². The molecule has 1 amide bonds. The van der Waals surface area contributed by atoms with Crippen LogP contribution in [-0.2, 0) is 11.3 Å². The smallest absolute Gasteiger partial charge is 0.248 e. The van der Waals surface area contributed by atoms with Crippen LogP contribution in [0.15, 0.2) is 77.7 Å². The summed E-state index contributed by atoms with van der Waals surface area (Å²) in [7, 11) is 0. The van der Waals surface area contributed by atoms with E-state index < -0.39 is 0 Å². The zero-order valence-corrected chi connectivity index (χ0v) is 11.5. The van der Waals surface area contributed by atoms with E-state index in [9.17, 15) is 4.79 Å². The molecule has 0 radical (unpaired) electrons. The first-order valence-electron chi connectivity index (χ1n) is 6.82. The Bertz CT molecular complexity index is 673. The molecule has 0 aliphatic heterocycles. The van der Waals surface area contributed by atoms with Crippen molar-refractivity contribution in [2.75, 3.05) is 0 Å². The Balaban J connectivity index is 1.80. The minimum absolute atomic E-state index is 0.0613. The van der Waals surface area contributed by atoms with Gasteiger partial charge in [-0.2, -0.15) is 0 Å². The number of amides is 1. The van der Waals surface area contributed by atoms with Crippen molar-refractivity contribution in [3.63, 3.8) is 0 Å². The average Bonchev–Trinajstić information content (AvgIpc) is 3.20. The predicted molar refractivity (Wildman–Crippen MR) is 79.6 cm³/mol. The van der Waals surface area contributed by atoms with E-state index in [2.05, 4.69) is 5.32 Å². The van der Waals surface area contributed by atoms with Crippen LogP contribution in [0.3, 0.4) is 0 Å². The van der Waals surface area contributed by atoms with E-state index in [4.69, 9.17) is 4.42 Å². The van der Waals surface area contributed by atoms with E-state index in [0.717, 1.165) is 11.3 Å². The fourth-order valence-corrected chi connectivity index (χ4v) is 2.30. The molecule has 2 heterocycles. The molecule has 0 unspecified atom stereocenters. The van der Waals surface area contributed by atoms with Gasteiger partial charge in [0, 0.05) is 12.4 Å². The van der Waals surface area contributed by atoms with Crippen molar-refractivity contribution in [3.05, 3.63) is 84.6 Å². The van der Waals surface area contributed by atoms with E-state index in [1.54, 1.807) is 6.26 Å². The molecule has 106 valence electrons. The van der Waals surface area contributed by atoms with Crippen molar-refractivity contribution < 1.29 is 9.21 Å². The molecule has 4 nitrogen and oxygen atoms in total. The van der Waals surface area contributed by atoms with Crippen LogP contribution in [0.4, 0.5) is 0 Å². The van der Waals surface area contributed by atoms with Crippen molar-refractivity contribution in [2.24, 2.45) is 0 Å². The summed E-state index contributed by atoms with van der Waals surface area (Å²) in [5, 5.41) is 2.92. The molecule has 3 rings (SSSR count). The third-order valence-electron chi connectivity index (χ3n) is 3.31. The topological polar surface area (TPSA) is 47.2 Å². The Morgan fingerprint density at radius 1 is 1.05 bits per heavy atom. The summed E-state index contributed by atoms with van der Waals surface area (Å²) in [5.74, 6) is 0.677. The molecule has 3 aromatic rings. The molecule has 4 heteroatoms. The first kappa shape index (κ1) is 13.2. The fraction of sp³-hybridized carbons (Fsp3) is 0.118. The highest BCUT2D eigenvalue weighted by molar-refractivity contribution is 5.83. The maximum atomic E-state index is 12.6. The summed E-state index contributed by atoms with van der Waals surface area (Å²) >= 11 is 0. The molecule has 0 fully saturated rings. The van der Waals surface area contributed by atoms with Crippen molar-refractivity contribution in [1.82, 2.24) is 9.88 Å². The molecule has 1 N–H and O–H groups in total. The molecule has 0 saturated carbocycles. The molecule has 2 aromatic heterocycles. The van der Waals surface area contributed by atoms with Gasteiger partial charge in [0.2, 0.25) is 5.91 Å². The van der Waals surface area contributed by atoms with Crippen molar-refractivity contribution in [2.45, 2.75) is 12.6 Å². The third kappa shape index (κ3) is 3.05. The van der Waals surface area contributed by atoms with Gasteiger partial charge in [-0.1, -0.05) is 30.3 Å². The number of nitrogens with zero attached hydrogens (tertiary/aromatic N) is 1. The van der Waals surface area contributed by atoms with E-state index in [0.29, 0.717) is 6.54 Å². The van der Waals surface area contributed by atoms with Crippen molar-refractivity contribution in [3.8, 4) is 0 Å². The molecule has 0 aliphatic carbocycles. The summed E-state index contributed by atoms with van der Waals surface area (Å²) in [6.07, 6.45) is 5.39. The summed E-state index contributed by atoms with van der Waals surface area (Å²) in [5.41, 5.74) is 0.950. The van der Waals surface area contributed by atoms with Gasteiger partial charge in [0.15, 0.2) is 0 Å². The van der Waals surface area contributed by atoms with Crippen LogP contribution in [0.1, 0.15) is 17.4 Å². The number of carbonyl (C=O) groups excluding carboxylic acids is 1. The molecular weight excluding hydrogens is 264 g/mol. The quantitative estimate of drug-likeness (QED) is 0.781. The summed E-state index contributed by atoms with van der Waals surface area (Å²) in [6.45, 7) is 0.385. The Morgan fingerprint density at radius 3 is 2.48 bits per heavy atom. The first-order valence-corrected chi connectivity index (χ1v) is 6.82. The van der Waals surface area contributed by atoms with E-state index in [1.807, 2.05) is 71.6 Å². The largest absolute Gasteiger partial charge is 0.467 e. The maximum absolute atomic E-state index is 12.6. The Morgan fingerprint density at radius 2 is 1.81 bits per heavy atom. The van der Waals surface area contributed by atoms with Gasteiger partial charge >= 0.3 is 0 Å². The maximum Gasteiger partial charge on any atom is 0.248 e. The van der Waals surface area contributed by atoms with Gasteiger partial charge in [-0.15, -0.1) is 0 Å². The molecular formula is C17H16N2O2. The molecule has 0 spiro atoms. The Labute approximate surface area is 123 Å². The van der Waals surface area contributed by atoms with E-state index in [-0.39, 0.29) is 11.9 Å². The van der Waals surface area contributed by atoms with Crippen LogP contribution in [0.2, 0.25) is 0 Å². The van der Waals surface area contributed by atoms with Gasteiger partial charge in [0.05, 0.1) is 12.8 Å². The monoisotopic (exact) mass is 280 g/mol. The van der Waals surface area contributed by atoms with Gasteiger partial charge in [-0.05, 0) is 29.8 Å². The molecule has 1 atom stereocenters. The Hall–Kier alpha value is -2.75. The van der Waals surface area contributed by atoms with Crippen LogP contribution in [-0.4, -0.2) is 10.5 Å². The second-order valence-corrected chi connectivity index (χ2v) is 4.74. The van der Waals surface area contributed by atoms with Crippen LogP contribution < -0.4 is 5.32 Å². The fourth-order valence-electron chi connectivity index (χ4n) is 2.30. The highest BCUT2D eigenvalue weighted by Crippen LogP contribution is 2.19. The number of hydrogen-bond acceptors (Lipinski definition) is 2. The number of aromatic nitrogens is 1. The standard InChI is InChI=1S/C17H16N2O2/c20-17(18-13-15-9-6-12-21-15)16(19-10-4-5-11-19)14-7-2-1-3-8-14/h1-12,16H,13H2,(H,18,20)/t16-/m1/s1. The minimum atomic E-state index is -0.379. The van der Waals surface area contributed by atoms with Gasteiger partial charge in [0.25, 0.3) is 0 Å². The van der Waals surface area contributed by atoms with Crippen LogP contribution >= 0.6 is 0 Å². The molecule has 0 aliphatic rings. The second kappa shape index (κ2) is 6.13. The zero-order chi connectivity index (χ0) is 14.5. The second-order valence-electron chi connectivity index (χ2n) is 4.74. The normalized spacial score (nSPS) is 12.0. The number of carbonyl (C=O) groups is 1. The molecule has 0 bridgehead atoms.